The molecule has 0 amide bonds. The number of allylic oxidation sites excluding steroid dienone is 2. The predicted molar refractivity (Wildman–Crippen MR) is 109 cm³/mol. The van der Waals surface area contributed by atoms with Gasteiger partial charge in [-0.05, 0) is 46.2 Å². The van der Waals surface area contributed by atoms with Gasteiger partial charge in [-0.25, -0.2) is 0 Å². The van der Waals surface area contributed by atoms with Crippen molar-refractivity contribution in [2.24, 2.45) is 0 Å². The minimum absolute atomic E-state index is 0.873. The van der Waals surface area contributed by atoms with Gasteiger partial charge in [0.2, 0.25) is 0 Å². The number of nitrogens with zero attached hydrogens (tertiary/aromatic N) is 1. The Morgan fingerprint density at radius 2 is 1.12 bits per heavy atom. The van der Waals surface area contributed by atoms with E-state index in [-0.39, 0.29) is 0 Å². The van der Waals surface area contributed by atoms with Crippen LogP contribution in [0, 0.1) is 0 Å². The molecule has 0 rings (SSSR count). The number of rotatable bonds is 19. The van der Waals surface area contributed by atoms with E-state index in [4.69, 9.17) is 4.74 Å². The third-order valence-corrected chi connectivity index (χ3v) is 4.48. The van der Waals surface area contributed by atoms with Gasteiger partial charge >= 0.3 is 0 Å². The van der Waals surface area contributed by atoms with Gasteiger partial charge in [-0.15, -0.1) is 0 Å². The summed E-state index contributed by atoms with van der Waals surface area (Å²) in [5.41, 5.74) is 0. The van der Waals surface area contributed by atoms with Crippen LogP contribution in [0.15, 0.2) is 12.2 Å². The number of unbranched alkanes of at least 4 members (excludes halogenated alkanes) is 12. The third kappa shape index (κ3) is 21.7. The molecule has 0 spiro atoms. The summed E-state index contributed by atoms with van der Waals surface area (Å²) in [6, 6.07) is 0. The average molecular weight is 340 g/mol. The Balaban J connectivity index is 3.05. The Bertz CT molecular complexity index is 250. The molecule has 0 aromatic rings. The van der Waals surface area contributed by atoms with Crippen molar-refractivity contribution in [2.45, 2.75) is 96.8 Å². The highest BCUT2D eigenvalue weighted by atomic mass is 16.5. The molecule has 0 N–H and O–H groups in total. The maximum absolute atomic E-state index is 5.61. The zero-order valence-corrected chi connectivity index (χ0v) is 17.0. The third-order valence-electron chi connectivity index (χ3n) is 4.48. The number of hydrogen-bond acceptors (Lipinski definition) is 2. The summed E-state index contributed by atoms with van der Waals surface area (Å²) in [6.07, 6.45) is 23.9. The minimum atomic E-state index is 0.873. The molecule has 0 bridgehead atoms. The summed E-state index contributed by atoms with van der Waals surface area (Å²) in [7, 11) is 4.18. The molecule has 0 atom stereocenters. The number of likely N-dealkylation sites (N-methyl/N-ethyl adjacent to an activating group) is 1. The van der Waals surface area contributed by atoms with Crippen LogP contribution in [-0.4, -0.2) is 38.8 Å². The lowest BCUT2D eigenvalue weighted by atomic mass is 10.1. The SMILES string of the molecule is CCCCCCCC/C=C\CCCCCCCCOCCN(C)C. The van der Waals surface area contributed by atoms with Gasteiger partial charge in [-0.1, -0.05) is 76.9 Å². The zero-order chi connectivity index (χ0) is 17.7. The van der Waals surface area contributed by atoms with Gasteiger partial charge in [0.15, 0.2) is 0 Å². The lowest BCUT2D eigenvalue weighted by Crippen LogP contribution is -2.18. The molecule has 0 saturated heterocycles. The molecular formula is C22H45NO. The van der Waals surface area contributed by atoms with Crippen molar-refractivity contribution in [3.05, 3.63) is 12.2 Å². The molecule has 0 heterocycles. The van der Waals surface area contributed by atoms with E-state index in [1.54, 1.807) is 0 Å². The monoisotopic (exact) mass is 339 g/mol. The van der Waals surface area contributed by atoms with Crippen LogP contribution in [0.5, 0.6) is 0 Å². The molecule has 0 fully saturated rings. The summed E-state index contributed by atoms with van der Waals surface area (Å²) in [4.78, 5) is 2.17. The zero-order valence-electron chi connectivity index (χ0n) is 17.0. The van der Waals surface area contributed by atoms with Crippen molar-refractivity contribution in [2.75, 3.05) is 33.9 Å². The Labute approximate surface area is 153 Å². The quantitative estimate of drug-likeness (QED) is 0.194. The van der Waals surface area contributed by atoms with Crippen LogP contribution < -0.4 is 0 Å². The summed E-state index contributed by atoms with van der Waals surface area (Å²) < 4.78 is 5.61. The molecule has 2 nitrogen and oxygen atoms in total. The molecule has 0 aliphatic carbocycles. The first kappa shape index (κ1) is 23.7. The van der Waals surface area contributed by atoms with Crippen LogP contribution >= 0.6 is 0 Å². The number of hydrogen-bond donors (Lipinski definition) is 0. The summed E-state index contributed by atoms with van der Waals surface area (Å²) in [5.74, 6) is 0. The average Bonchev–Trinajstić information content (AvgIpc) is 2.56. The first-order chi connectivity index (χ1) is 11.8. The van der Waals surface area contributed by atoms with Crippen LogP contribution in [0.1, 0.15) is 96.8 Å². The molecule has 0 aromatic carbocycles. The highest BCUT2D eigenvalue weighted by Crippen LogP contribution is 2.09. The molecule has 0 unspecified atom stereocenters. The summed E-state index contributed by atoms with van der Waals surface area (Å²) >= 11 is 0. The molecule has 0 saturated carbocycles. The topological polar surface area (TPSA) is 12.5 Å². The van der Waals surface area contributed by atoms with Gasteiger partial charge in [0.1, 0.15) is 0 Å². The minimum Gasteiger partial charge on any atom is -0.380 e. The Kier molecular flexibility index (Phi) is 20.4. The standard InChI is InChI=1S/C22H45NO/c1-4-5-6-7-8-9-10-11-12-13-14-15-16-17-18-19-21-24-22-20-23(2)3/h11-12H,4-10,13-22H2,1-3H3/b12-11-. The fraction of sp³-hybridized carbons (Fsp3) is 0.909. The van der Waals surface area contributed by atoms with E-state index in [0.29, 0.717) is 0 Å². The summed E-state index contributed by atoms with van der Waals surface area (Å²) in [6.45, 7) is 5.13. The molecule has 144 valence electrons. The van der Waals surface area contributed by atoms with Gasteiger partial charge in [-0.2, -0.15) is 0 Å². The number of ether oxygens (including phenoxy) is 1. The van der Waals surface area contributed by atoms with Gasteiger partial charge in [0, 0.05) is 13.2 Å². The van der Waals surface area contributed by atoms with Crippen LogP contribution in [0.2, 0.25) is 0 Å². The molecule has 2 heteroatoms. The second-order valence-corrected chi connectivity index (χ2v) is 7.35. The Hall–Kier alpha value is -0.340. The lowest BCUT2D eigenvalue weighted by molar-refractivity contribution is 0.114. The van der Waals surface area contributed by atoms with Crippen LogP contribution in [0.4, 0.5) is 0 Å². The molecule has 0 aliphatic rings. The largest absolute Gasteiger partial charge is 0.380 e. The Morgan fingerprint density at radius 3 is 1.67 bits per heavy atom. The van der Waals surface area contributed by atoms with Gasteiger partial charge in [0.05, 0.1) is 6.61 Å². The second-order valence-electron chi connectivity index (χ2n) is 7.35. The maximum Gasteiger partial charge on any atom is 0.0593 e. The first-order valence-electron chi connectivity index (χ1n) is 10.6. The van der Waals surface area contributed by atoms with Crippen LogP contribution in [0.25, 0.3) is 0 Å². The molecular weight excluding hydrogens is 294 g/mol. The van der Waals surface area contributed by atoms with Gasteiger partial charge in [0.25, 0.3) is 0 Å². The first-order valence-corrected chi connectivity index (χ1v) is 10.6. The van der Waals surface area contributed by atoms with Gasteiger partial charge in [-0.3, -0.25) is 0 Å². The normalized spacial score (nSPS) is 11.8. The smallest absolute Gasteiger partial charge is 0.0593 e. The maximum atomic E-state index is 5.61. The van der Waals surface area contributed by atoms with E-state index >= 15 is 0 Å². The van der Waals surface area contributed by atoms with E-state index in [1.807, 2.05) is 0 Å². The molecule has 0 radical (unpaired) electrons. The van der Waals surface area contributed by atoms with E-state index in [2.05, 4.69) is 38.1 Å². The van der Waals surface area contributed by atoms with Crippen LogP contribution in [0.3, 0.4) is 0 Å². The van der Waals surface area contributed by atoms with Crippen molar-refractivity contribution >= 4 is 0 Å². The van der Waals surface area contributed by atoms with Crippen molar-refractivity contribution in [1.82, 2.24) is 4.90 Å². The van der Waals surface area contributed by atoms with E-state index in [9.17, 15) is 0 Å². The lowest BCUT2D eigenvalue weighted by Gasteiger charge is -2.09. The molecule has 24 heavy (non-hydrogen) atoms. The van der Waals surface area contributed by atoms with Gasteiger partial charge < -0.3 is 9.64 Å². The van der Waals surface area contributed by atoms with E-state index < -0.39 is 0 Å². The highest BCUT2D eigenvalue weighted by molar-refractivity contribution is 4.81. The highest BCUT2D eigenvalue weighted by Gasteiger charge is 1.93. The fourth-order valence-electron chi connectivity index (χ4n) is 2.80. The molecule has 0 aliphatic heterocycles. The van der Waals surface area contributed by atoms with Crippen molar-refractivity contribution < 1.29 is 4.74 Å². The van der Waals surface area contributed by atoms with Crippen LogP contribution in [-0.2, 0) is 4.74 Å². The predicted octanol–water partition coefficient (Wildman–Crippen LogP) is 6.60. The van der Waals surface area contributed by atoms with Crippen molar-refractivity contribution in [3.63, 3.8) is 0 Å². The van der Waals surface area contributed by atoms with Crippen molar-refractivity contribution in [1.29, 1.82) is 0 Å². The van der Waals surface area contributed by atoms with E-state index in [1.165, 1.54) is 89.9 Å². The molecule has 0 aromatic heterocycles. The Morgan fingerprint density at radius 1 is 0.625 bits per heavy atom. The van der Waals surface area contributed by atoms with Crippen molar-refractivity contribution in [3.8, 4) is 0 Å². The van der Waals surface area contributed by atoms with E-state index in [0.717, 1.165) is 19.8 Å². The summed E-state index contributed by atoms with van der Waals surface area (Å²) in [5, 5.41) is 0. The second kappa shape index (κ2) is 20.7. The fourth-order valence-corrected chi connectivity index (χ4v) is 2.80.